The molecule has 1 rings (SSSR count). The molecule has 1 N–H and O–H groups in total. The third-order valence-electron chi connectivity index (χ3n) is 3.09. The van der Waals surface area contributed by atoms with Crippen LogP contribution < -0.4 is 5.32 Å². The molecular formula is C14H23N3O5. The average Bonchev–Trinajstić information content (AvgIpc) is 2.75. The number of amides is 3. The molecule has 1 unspecified atom stereocenters. The van der Waals surface area contributed by atoms with E-state index in [1.807, 2.05) is 19.2 Å². The first-order valence-electron chi connectivity index (χ1n) is 8.02. The zero-order chi connectivity index (χ0) is 18.7. The van der Waals surface area contributed by atoms with Crippen molar-refractivity contribution in [2.45, 2.75) is 39.2 Å². The first-order chi connectivity index (χ1) is 11.0. The minimum atomic E-state index is -2.87. The molecule has 0 bridgehead atoms. The summed E-state index contributed by atoms with van der Waals surface area (Å²) in [6.07, 6.45) is 0.268. The number of rotatable bonds is 7. The second-order valence-corrected chi connectivity index (χ2v) is 5.68. The molecular weight excluding hydrogens is 296 g/mol. The monoisotopic (exact) mass is 321 g/mol. The van der Waals surface area contributed by atoms with Crippen LogP contribution in [0.1, 0.15) is 35.9 Å². The summed E-state index contributed by atoms with van der Waals surface area (Å²) in [7, 11) is 3.34. The number of hydrogen-bond acceptors (Lipinski definition) is 6. The molecule has 0 aromatic rings. The lowest BCUT2D eigenvalue weighted by molar-refractivity contribution is -0.196. The van der Waals surface area contributed by atoms with Crippen LogP contribution in [-0.4, -0.2) is 60.3 Å². The van der Waals surface area contributed by atoms with Crippen molar-refractivity contribution in [1.29, 1.82) is 0 Å². The van der Waals surface area contributed by atoms with Crippen LogP contribution in [0.25, 0.3) is 0 Å². The summed E-state index contributed by atoms with van der Waals surface area (Å²) in [6, 6.07) is -0.636. The highest BCUT2D eigenvalue weighted by molar-refractivity contribution is 6.01. The van der Waals surface area contributed by atoms with Crippen LogP contribution in [0.5, 0.6) is 0 Å². The van der Waals surface area contributed by atoms with E-state index in [2.05, 4.69) is 4.84 Å². The van der Waals surface area contributed by atoms with E-state index in [1.165, 1.54) is 0 Å². The van der Waals surface area contributed by atoms with Crippen LogP contribution in [0, 0.1) is 5.92 Å². The Morgan fingerprint density at radius 3 is 2.36 bits per heavy atom. The molecule has 1 fully saturated rings. The Labute approximate surface area is 132 Å². The summed E-state index contributed by atoms with van der Waals surface area (Å²) >= 11 is 0. The van der Waals surface area contributed by atoms with Gasteiger partial charge in [0, 0.05) is 12.8 Å². The van der Waals surface area contributed by atoms with Gasteiger partial charge in [-0.25, -0.2) is 4.79 Å². The summed E-state index contributed by atoms with van der Waals surface area (Å²) in [4.78, 5) is 53.1. The van der Waals surface area contributed by atoms with Crippen molar-refractivity contribution < 1.29 is 26.8 Å². The van der Waals surface area contributed by atoms with Crippen molar-refractivity contribution in [3.8, 4) is 0 Å². The molecule has 0 saturated carbocycles. The third-order valence-corrected chi connectivity index (χ3v) is 3.09. The van der Waals surface area contributed by atoms with Crippen LogP contribution >= 0.6 is 0 Å². The highest BCUT2D eigenvalue weighted by Gasteiger charge is 2.33. The minimum Gasteiger partial charge on any atom is -0.344 e. The van der Waals surface area contributed by atoms with Crippen molar-refractivity contribution >= 4 is 23.7 Å². The van der Waals surface area contributed by atoms with Gasteiger partial charge in [0.15, 0.2) is 0 Å². The molecule has 1 saturated heterocycles. The predicted octanol–water partition coefficient (Wildman–Crippen LogP) is -0.314. The lowest BCUT2D eigenvalue weighted by Crippen LogP contribution is -2.46. The highest BCUT2D eigenvalue weighted by Crippen LogP contribution is 2.12. The molecule has 0 radical (unpaired) electrons. The van der Waals surface area contributed by atoms with Crippen LogP contribution in [0.4, 0.5) is 0 Å². The van der Waals surface area contributed by atoms with Crippen molar-refractivity contribution in [2.24, 2.45) is 5.92 Å². The van der Waals surface area contributed by atoms with Crippen molar-refractivity contribution in [3.63, 3.8) is 0 Å². The fraction of sp³-hybridized carbons (Fsp3) is 0.714. The Balaban J connectivity index is 2.75. The summed E-state index contributed by atoms with van der Waals surface area (Å²) in [5.74, 6) is -3.47. The Morgan fingerprint density at radius 2 is 1.91 bits per heavy atom. The van der Waals surface area contributed by atoms with Gasteiger partial charge < -0.3 is 10.2 Å². The summed E-state index contributed by atoms with van der Waals surface area (Å²) in [5.41, 5.74) is 0. The van der Waals surface area contributed by atoms with E-state index in [4.69, 9.17) is 2.74 Å². The van der Waals surface area contributed by atoms with Gasteiger partial charge in [-0.1, -0.05) is 13.8 Å². The molecule has 3 amide bonds. The van der Waals surface area contributed by atoms with Crippen molar-refractivity contribution in [1.82, 2.24) is 15.3 Å². The Morgan fingerprint density at radius 1 is 1.36 bits per heavy atom. The zero-order valence-electron chi connectivity index (χ0n) is 15.2. The number of carbonyl (C=O) groups excluding carboxylic acids is 4. The summed E-state index contributed by atoms with van der Waals surface area (Å²) < 4.78 is 15.3. The number of nitrogens with one attached hydrogen (secondary N) is 1. The quantitative estimate of drug-likeness (QED) is 0.299. The van der Waals surface area contributed by atoms with Gasteiger partial charge >= 0.3 is 5.97 Å². The molecule has 0 aromatic heterocycles. The number of hydrogen-bond donors (Lipinski definition) is 1. The smallest absolute Gasteiger partial charge is 0.344 e. The molecule has 0 aromatic carbocycles. The average molecular weight is 321 g/mol. The second-order valence-electron chi connectivity index (χ2n) is 5.68. The van der Waals surface area contributed by atoms with Gasteiger partial charge in [-0.15, -0.1) is 5.06 Å². The van der Waals surface area contributed by atoms with Gasteiger partial charge in [-0.3, -0.25) is 19.3 Å². The maximum Gasteiger partial charge on any atom is 0.352 e. The Hall–Kier alpha value is -1.96. The molecule has 124 valence electrons. The normalized spacial score (nSPS) is 18.4. The van der Waals surface area contributed by atoms with E-state index in [-0.39, 0.29) is 23.8 Å². The maximum absolute atomic E-state index is 12.3. The first-order valence-corrected chi connectivity index (χ1v) is 7.02. The summed E-state index contributed by atoms with van der Waals surface area (Å²) in [5, 5.41) is 2.22. The molecule has 1 aliphatic rings. The molecule has 0 spiro atoms. The van der Waals surface area contributed by atoms with Crippen molar-refractivity contribution in [2.75, 3.05) is 20.6 Å². The van der Waals surface area contributed by atoms with E-state index in [9.17, 15) is 19.2 Å². The van der Waals surface area contributed by atoms with E-state index < -0.39 is 36.2 Å². The van der Waals surface area contributed by atoms with Crippen LogP contribution in [0.3, 0.4) is 0 Å². The fourth-order valence-corrected chi connectivity index (χ4v) is 1.96. The third kappa shape index (κ3) is 5.10. The maximum atomic E-state index is 12.3. The van der Waals surface area contributed by atoms with Crippen LogP contribution in [-0.2, 0) is 24.0 Å². The second kappa shape index (κ2) is 7.88. The lowest BCUT2D eigenvalue weighted by Gasteiger charge is -2.24. The molecule has 1 heterocycles. The van der Waals surface area contributed by atoms with Gasteiger partial charge in [0.2, 0.25) is 5.91 Å². The van der Waals surface area contributed by atoms with Crippen molar-refractivity contribution in [3.05, 3.63) is 0 Å². The number of nitrogens with zero attached hydrogens (tertiary/aromatic N) is 2. The molecule has 1 atom stereocenters. The topological polar surface area (TPSA) is 96.0 Å². The van der Waals surface area contributed by atoms with E-state index in [0.29, 0.717) is 6.42 Å². The standard InChI is InChI=1S/C14H23N3O5/c1-9(2)7-10(16(3)4)14(21)15-8-13(20)22-17-11(18)5-6-12(17)19/h9-10H,5-8H2,1-4H3,(H,15,21)/i8D2,14+1,15+1,20+2,21+2. The number of likely N-dealkylation sites (N-methyl/N-ethyl adjacent to an activating group) is 1. The molecule has 1 aliphatic heterocycles. The largest absolute Gasteiger partial charge is 0.352 e. The lowest BCUT2D eigenvalue weighted by atomic mass is 10.1. The Bertz CT molecular complexity index is 521. The van der Waals surface area contributed by atoms with Crippen LogP contribution in [0.2, 0.25) is 0 Å². The number of hydroxylamine groups is 2. The van der Waals surface area contributed by atoms with E-state index in [1.54, 1.807) is 19.0 Å². The number of imide groups is 1. The zero-order valence-corrected chi connectivity index (χ0v) is 13.2. The van der Waals surface area contributed by atoms with Crippen LogP contribution in [0.15, 0.2) is 0 Å². The number of carbonyl (C=O) groups is 4. The Kier molecular flexibility index (Phi) is 5.36. The van der Waals surface area contributed by atoms with Gasteiger partial charge in [-0.2, -0.15) is 0 Å². The van der Waals surface area contributed by atoms with Gasteiger partial charge in [0.1, 0.15) is 6.50 Å². The van der Waals surface area contributed by atoms with Gasteiger partial charge in [0.05, 0.1) is 8.78 Å². The SMILES string of the molecule is [2H]C([2H])([15NH][13C](=[18O])C(CC(C)C)N(C)C)C(=[18O])ON1C(=O)CCC1=O. The molecule has 22 heavy (non-hydrogen) atoms. The molecule has 8 heteroatoms. The van der Waals surface area contributed by atoms with E-state index >= 15 is 0 Å². The van der Waals surface area contributed by atoms with Gasteiger partial charge in [-0.05, 0) is 26.4 Å². The molecule has 8 nitrogen and oxygen atoms in total. The van der Waals surface area contributed by atoms with E-state index in [0.717, 1.165) is 0 Å². The summed E-state index contributed by atoms with van der Waals surface area (Å²) in [6.45, 7) is 0.958. The minimum absolute atomic E-state index is 0.0986. The first kappa shape index (κ1) is 15.0. The highest BCUT2D eigenvalue weighted by atomic mass is 18.1. The van der Waals surface area contributed by atoms with Gasteiger partial charge in [0.25, 0.3) is 11.8 Å². The fourth-order valence-electron chi connectivity index (χ4n) is 1.96. The predicted molar refractivity (Wildman–Crippen MR) is 77.1 cm³/mol. The molecule has 0 aliphatic carbocycles.